The van der Waals surface area contributed by atoms with Gasteiger partial charge in [-0.15, -0.1) is 10.2 Å². The number of nitrogens with zero attached hydrogens (tertiary/aromatic N) is 5. The summed E-state index contributed by atoms with van der Waals surface area (Å²) in [7, 11) is 0. The van der Waals surface area contributed by atoms with Gasteiger partial charge in [0, 0.05) is 17.8 Å². The van der Waals surface area contributed by atoms with E-state index in [0.717, 1.165) is 5.56 Å². The minimum Gasteiger partial charge on any atom is -0.480 e. The van der Waals surface area contributed by atoms with Crippen LogP contribution in [0, 0.1) is 6.92 Å². The molecule has 9 heteroatoms. The number of fused-ring (bicyclic) bond motifs is 1. The number of amides is 1. The molecule has 0 radical (unpaired) electrons. The first-order valence-electron chi connectivity index (χ1n) is 9.08. The fourth-order valence-electron chi connectivity index (χ4n) is 3.26. The second-order valence-corrected chi connectivity index (χ2v) is 6.72. The van der Waals surface area contributed by atoms with E-state index in [1.54, 1.807) is 17.6 Å². The lowest BCUT2D eigenvalue weighted by Gasteiger charge is -2.33. The van der Waals surface area contributed by atoms with Crippen LogP contribution >= 0.6 is 0 Å². The van der Waals surface area contributed by atoms with E-state index in [-0.39, 0.29) is 13.1 Å². The van der Waals surface area contributed by atoms with Crippen molar-refractivity contribution in [3.63, 3.8) is 0 Å². The predicted octanol–water partition coefficient (Wildman–Crippen LogP) is 1.67. The van der Waals surface area contributed by atoms with Crippen LogP contribution in [0.4, 0.5) is 0 Å². The first kappa shape index (κ1) is 18.6. The average molecular weight is 393 g/mol. The van der Waals surface area contributed by atoms with Crippen molar-refractivity contribution in [2.45, 2.75) is 32.7 Å². The Morgan fingerprint density at radius 2 is 2.00 bits per heavy atom. The van der Waals surface area contributed by atoms with Gasteiger partial charge in [-0.25, -0.2) is 9.78 Å². The molecule has 1 aromatic carbocycles. The number of carbonyl (C=O) groups excluding carboxylic acids is 1. The topological polar surface area (TPSA) is 110 Å². The Labute approximate surface area is 166 Å². The van der Waals surface area contributed by atoms with Crippen molar-refractivity contribution < 1.29 is 19.4 Å². The van der Waals surface area contributed by atoms with Crippen LogP contribution in [-0.2, 0) is 24.5 Å². The SMILES string of the molecule is Cc1nnc2n1CC(C(=O)O)N(C(=O)c1ccnc(OCc3ccccc3)c1)C2. The van der Waals surface area contributed by atoms with Gasteiger partial charge in [0.25, 0.3) is 5.91 Å². The van der Waals surface area contributed by atoms with Crippen LogP contribution in [0.5, 0.6) is 5.88 Å². The highest BCUT2D eigenvalue weighted by molar-refractivity contribution is 5.96. The number of carboxylic acids is 1. The van der Waals surface area contributed by atoms with E-state index in [2.05, 4.69) is 15.2 Å². The van der Waals surface area contributed by atoms with Gasteiger partial charge in [-0.3, -0.25) is 4.79 Å². The molecule has 3 aromatic rings. The van der Waals surface area contributed by atoms with Crippen molar-refractivity contribution in [3.05, 3.63) is 71.4 Å². The van der Waals surface area contributed by atoms with Crippen molar-refractivity contribution >= 4 is 11.9 Å². The Morgan fingerprint density at radius 3 is 2.76 bits per heavy atom. The number of aliphatic carboxylic acids is 1. The van der Waals surface area contributed by atoms with E-state index < -0.39 is 17.9 Å². The summed E-state index contributed by atoms with van der Waals surface area (Å²) in [6.07, 6.45) is 1.47. The second-order valence-electron chi connectivity index (χ2n) is 6.72. The van der Waals surface area contributed by atoms with Gasteiger partial charge in [-0.05, 0) is 18.6 Å². The Kier molecular flexibility index (Phi) is 4.94. The van der Waals surface area contributed by atoms with Gasteiger partial charge in [0.05, 0.1) is 13.1 Å². The van der Waals surface area contributed by atoms with Gasteiger partial charge in [0.2, 0.25) is 5.88 Å². The van der Waals surface area contributed by atoms with Crippen LogP contribution in [0.15, 0.2) is 48.7 Å². The fraction of sp³-hybridized carbons (Fsp3) is 0.250. The summed E-state index contributed by atoms with van der Waals surface area (Å²) in [6.45, 7) is 2.25. The molecule has 9 nitrogen and oxygen atoms in total. The number of aryl methyl sites for hydroxylation is 1. The first-order valence-corrected chi connectivity index (χ1v) is 9.08. The molecule has 1 aliphatic rings. The van der Waals surface area contributed by atoms with Crippen molar-refractivity contribution in [2.24, 2.45) is 0 Å². The highest BCUT2D eigenvalue weighted by atomic mass is 16.5. The number of benzene rings is 1. The standard InChI is InChI=1S/C20H19N5O4/c1-13-22-23-17-11-25(16(20(27)28)10-24(13)17)19(26)15-7-8-21-18(9-15)29-12-14-5-3-2-4-6-14/h2-9,16H,10-12H2,1H3,(H,27,28). The average Bonchev–Trinajstić information content (AvgIpc) is 3.11. The van der Waals surface area contributed by atoms with Crippen LogP contribution in [0.2, 0.25) is 0 Å². The Hall–Kier alpha value is -3.75. The van der Waals surface area contributed by atoms with E-state index in [1.807, 2.05) is 30.3 Å². The van der Waals surface area contributed by atoms with Crippen LogP contribution < -0.4 is 4.74 Å². The second kappa shape index (κ2) is 7.70. The van der Waals surface area contributed by atoms with Crippen LogP contribution in [0.1, 0.15) is 27.6 Å². The molecule has 2 aromatic heterocycles. The summed E-state index contributed by atoms with van der Waals surface area (Å²) in [5, 5.41) is 17.7. The highest BCUT2D eigenvalue weighted by Crippen LogP contribution is 2.22. The quantitative estimate of drug-likeness (QED) is 0.702. The number of rotatable bonds is 5. The number of hydrogen-bond acceptors (Lipinski definition) is 6. The fourth-order valence-corrected chi connectivity index (χ4v) is 3.26. The Balaban J connectivity index is 1.54. The molecule has 1 atom stereocenters. The highest BCUT2D eigenvalue weighted by Gasteiger charge is 2.36. The maximum atomic E-state index is 13.1. The monoisotopic (exact) mass is 393 g/mol. The van der Waals surface area contributed by atoms with E-state index in [0.29, 0.717) is 29.7 Å². The molecule has 3 heterocycles. The minimum atomic E-state index is -1.08. The summed E-state index contributed by atoms with van der Waals surface area (Å²) >= 11 is 0. The van der Waals surface area contributed by atoms with Gasteiger partial charge in [0.1, 0.15) is 18.5 Å². The molecule has 0 spiro atoms. The van der Waals surface area contributed by atoms with E-state index >= 15 is 0 Å². The largest absolute Gasteiger partial charge is 0.480 e. The zero-order valence-corrected chi connectivity index (χ0v) is 15.7. The molecule has 0 fully saturated rings. The molecule has 0 saturated heterocycles. The minimum absolute atomic E-state index is 0.0686. The van der Waals surface area contributed by atoms with Gasteiger partial charge in [-0.1, -0.05) is 30.3 Å². The normalized spacial score (nSPS) is 15.6. The van der Waals surface area contributed by atoms with Gasteiger partial charge in [-0.2, -0.15) is 0 Å². The molecule has 4 rings (SSSR count). The molecule has 1 N–H and O–H groups in total. The van der Waals surface area contributed by atoms with E-state index in [9.17, 15) is 14.7 Å². The zero-order valence-electron chi connectivity index (χ0n) is 15.7. The molecule has 148 valence electrons. The number of hydrogen-bond donors (Lipinski definition) is 1. The Bertz CT molecular complexity index is 1050. The predicted molar refractivity (Wildman–Crippen MR) is 101 cm³/mol. The van der Waals surface area contributed by atoms with Crippen molar-refractivity contribution in [2.75, 3.05) is 0 Å². The smallest absolute Gasteiger partial charge is 0.328 e. The molecular weight excluding hydrogens is 374 g/mol. The summed E-state index contributed by atoms with van der Waals surface area (Å²) in [5.74, 6) is -0.0209. The molecular formula is C20H19N5O4. The number of pyridine rings is 1. The van der Waals surface area contributed by atoms with E-state index in [1.165, 1.54) is 17.2 Å². The molecule has 29 heavy (non-hydrogen) atoms. The summed E-state index contributed by atoms with van der Waals surface area (Å²) in [6, 6.07) is 11.7. The van der Waals surface area contributed by atoms with Crippen LogP contribution in [0.3, 0.4) is 0 Å². The van der Waals surface area contributed by atoms with Gasteiger partial charge >= 0.3 is 5.97 Å². The molecule has 1 amide bonds. The van der Waals surface area contributed by atoms with Gasteiger partial charge in [0.15, 0.2) is 5.82 Å². The van der Waals surface area contributed by atoms with Crippen molar-refractivity contribution in [3.8, 4) is 5.88 Å². The number of carboxylic acid groups (broad SMARTS) is 1. The van der Waals surface area contributed by atoms with Crippen LogP contribution in [-0.4, -0.2) is 47.7 Å². The third-order valence-corrected chi connectivity index (χ3v) is 4.81. The third-order valence-electron chi connectivity index (χ3n) is 4.81. The summed E-state index contributed by atoms with van der Waals surface area (Å²) in [5.41, 5.74) is 1.28. The number of aromatic nitrogens is 4. The molecule has 0 bridgehead atoms. The zero-order chi connectivity index (χ0) is 20.4. The molecule has 0 aliphatic carbocycles. The maximum Gasteiger partial charge on any atom is 0.328 e. The summed E-state index contributed by atoms with van der Waals surface area (Å²) < 4.78 is 7.41. The maximum absolute atomic E-state index is 13.1. The van der Waals surface area contributed by atoms with Crippen LogP contribution in [0.25, 0.3) is 0 Å². The lowest BCUT2D eigenvalue weighted by molar-refractivity contribution is -0.143. The lowest BCUT2D eigenvalue weighted by atomic mass is 10.1. The van der Waals surface area contributed by atoms with Gasteiger partial charge < -0.3 is 19.3 Å². The molecule has 1 unspecified atom stereocenters. The third kappa shape index (κ3) is 3.79. The lowest BCUT2D eigenvalue weighted by Crippen LogP contribution is -2.50. The number of carbonyl (C=O) groups is 2. The Morgan fingerprint density at radius 1 is 1.21 bits per heavy atom. The van der Waals surface area contributed by atoms with E-state index in [4.69, 9.17) is 4.74 Å². The number of ether oxygens (including phenoxy) is 1. The summed E-state index contributed by atoms with van der Waals surface area (Å²) in [4.78, 5) is 30.3. The van der Waals surface area contributed by atoms with Crippen molar-refractivity contribution in [1.82, 2.24) is 24.6 Å². The first-order chi connectivity index (χ1) is 14.0. The molecule has 1 aliphatic heterocycles. The van der Waals surface area contributed by atoms with Crippen molar-refractivity contribution in [1.29, 1.82) is 0 Å². The molecule has 0 saturated carbocycles.